The number of benzene rings is 18. The van der Waals surface area contributed by atoms with Gasteiger partial charge in [-0.1, -0.05) is 295 Å². The molecule has 2 heteroatoms. The van der Waals surface area contributed by atoms with Gasteiger partial charge >= 0.3 is 0 Å². The summed E-state index contributed by atoms with van der Waals surface area (Å²) >= 11 is 0. The molecule has 0 radical (unpaired) electrons. The van der Waals surface area contributed by atoms with Gasteiger partial charge in [0.05, 0.1) is 11.4 Å². The first kappa shape index (κ1) is 62.9. The summed E-state index contributed by atoms with van der Waals surface area (Å²) in [6.07, 6.45) is 0. The highest BCUT2D eigenvalue weighted by Gasteiger charge is 2.37. The quantitative estimate of drug-likeness (QED) is 0.119. The highest BCUT2D eigenvalue weighted by Crippen LogP contribution is 2.54. The standard InChI is InChI=1S/C104H76N2/c1-65-59-69(47-57-99(65)105(101-37-21-17-23-77(101)73-45-55-91-89-33-15-19-35-95(89)103(3,4)97(91)63-73)75-49-39-67(40-50-75)71-43-53-87-83-29-9-7-25-79(83)81-27-11-13-31-85(81)93(87)61-71)70-48-58-100(66(2)60-70)106(102-38-22-18-24-78(102)74-46-56-92-90-34-16-20-36-96(90)104(5,6)98(92)64-74)76-51-41-68(42-52-76)72-44-54-88-84-30-10-8-26-80(84)82-28-12-14-32-86(82)94(88)62-72/h7-64H,1-6H3. The fraction of sp³-hybridized carbons (Fsp3) is 0.0769. The third-order valence-electron chi connectivity index (χ3n) is 23.7. The van der Waals surface area contributed by atoms with Gasteiger partial charge in [-0.05, 0) is 264 Å². The average molecular weight is 1350 g/mol. The van der Waals surface area contributed by atoms with Gasteiger partial charge in [0.25, 0.3) is 0 Å². The molecule has 0 amide bonds. The molecule has 0 atom stereocenters. The van der Waals surface area contributed by atoms with Crippen LogP contribution in [0.4, 0.5) is 34.1 Å². The molecule has 2 aliphatic carbocycles. The number of aryl methyl sites for hydroxylation is 2. The molecule has 0 bridgehead atoms. The van der Waals surface area contributed by atoms with Crippen molar-refractivity contribution in [3.8, 4) is 77.9 Å². The van der Waals surface area contributed by atoms with E-state index in [2.05, 4.69) is 403 Å². The molecule has 0 saturated carbocycles. The van der Waals surface area contributed by atoms with Crippen molar-refractivity contribution in [2.45, 2.75) is 52.4 Å². The Balaban J connectivity index is 0.694. The Bertz CT molecular complexity index is 6190. The van der Waals surface area contributed by atoms with Crippen molar-refractivity contribution in [1.82, 2.24) is 0 Å². The van der Waals surface area contributed by atoms with Crippen LogP contribution in [0, 0.1) is 13.8 Å². The Hall–Kier alpha value is -12.9. The van der Waals surface area contributed by atoms with Crippen LogP contribution in [0.25, 0.3) is 143 Å². The lowest BCUT2D eigenvalue weighted by Gasteiger charge is -2.30. The normalized spacial score (nSPS) is 13.2. The molecular weight excluding hydrogens is 1280 g/mol. The van der Waals surface area contributed by atoms with E-state index in [0.29, 0.717) is 0 Å². The maximum absolute atomic E-state index is 2.49. The molecule has 0 heterocycles. The Kier molecular flexibility index (Phi) is 14.5. The van der Waals surface area contributed by atoms with Gasteiger partial charge in [-0.25, -0.2) is 0 Å². The summed E-state index contributed by atoms with van der Waals surface area (Å²) in [7, 11) is 0. The molecule has 0 aliphatic heterocycles. The highest BCUT2D eigenvalue weighted by atomic mass is 15.2. The summed E-state index contributed by atoms with van der Waals surface area (Å²) in [4.78, 5) is 4.98. The number of nitrogens with zero attached hydrogens (tertiary/aromatic N) is 2. The van der Waals surface area contributed by atoms with Crippen LogP contribution >= 0.6 is 0 Å². The third-order valence-corrected chi connectivity index (χ3v) is 23.7. The fourth-order valence-electron chi connectivity index (χ4n) is 18.3. The van der Waals surface area contributed by atoms with Crippen molar-refractivity contribution in [3.63, 3.8) is 0 Å². The monoisotopic (exact) mass is 1350 g/mol. The molecule has 502 valence electrons. The molecule has 20 rings (SSSR count). The second kappa shape index (κ2) is 24.4. The summed E-state index contributed by atoms with van der Waals surface area (Å²) in [5.74, 6) is 0. The highest BCUT2D eigenvalue weighted by molar-refractivity contribution is 6.27. The van der Waals surface area contributed by atoms with Crippen molar-refractivity contribution in [2.75, 3.05) is 9.80 Å². The van der Waals surface area contributed by atoms with Gasteiger partial charge in [0, 0.05) is 44.7 Å². The molecule has 18 aromatic rings. The van der Waals surface area contributed by atoms with Gasteiger partial charge in [-0.15, -0.1) is 0 Å². The first-order chi connectivity index (χ1) is 51.9. The number of rotatable bonds is 11. The second-order valence-electron chi connectivity index (χ2n) is 30.4. The lowest BCUT2D eigenvalue weighted by atomic mass is 9.81. The molecule has 2 aliphatic rings. The van der Waals surface area contributed by atoms with Crippen molar-refractivity contribution in [3.05, 3.63) is 385 Å². The topological polar surface area (TPSA) is 6.48 Å². The minimum absolute atomic E-state index is 0.146. The van der Waals surface area contributed by atoms with E-state index in [1.54, 1.807) is 0 Å². The van der Waals surface area contributed by atoms with E-state index in [1.807, 2.05) is 0 Å². The molecular formula is C104H76N2. The Morgan fingerprint density at radius 3 is 0.802 bits per heavy atom. The SMILES string of the molecule is Cc1cc(-c2ccc(N(c3ccc(-c4ccc5c6ccccc6c6ccccc6c5c4)cc3)c3ccccc3-c3ccc4c(c3)C(C)(C)c3ccccc3-4)c(C)c2)ccc1N(c1ccc(-c2ccc3c4ccccc4c4ccccc4c3c2)cc1)c1ccccc1-c1ccc2c(c1)C(C)(C)c1ccccc1-2. The van der Waals surface area contributed by atoms with Crippen molar-refractivity contribution < 1.29 is 0 Å². The van der Waals surface area contributed by atoms with E-state index in [4.69, 9.17) is 0 Å². The zero-order valence-electron chi connectivity index (χ0n) is 60.4. The van der Waals surface area contributed by atoms with E-state index in [0.717, 1.165) is 45.3 Å². The maximum atomic E-state index is 2.49. The van der Waals surface area contributed by atoms with Crippen LogP contribution < -0.4 is 9.80 Å². The van der Waals surface area contributed by atoms with Gasteiger partial charge < -0.3 is 9.80 Å². The predicted octanol–water partition coefficient (Wildman–Crippen LogP) is 29.1. The summed E-state index contributed by atoms with van der Waals surface area (Å²) in [6.45, 7) is 14.1. The summed E-state index contributed by atoms with van der Waals surface area (Å²) in [5, 5.41) is 15.3. The van der Waals surface area contributed by atoms with E-state index in [-0.39, 0.29) is 10.8 Å². The average Bonchev–Trinajstić information content (AvgIpc) is 1.68. The van der Waals surface area contributed by atoms with E-state index >= 15 is 0 Å². The minimum Gasteiger partial charge on any atom is -0.310 e. The number of para-hydroxylation sites is 2. The zero-order chi connectivity index (χ0) is 71.1. The maximum Gasteiger partial charge on any atom is 0.0540 e. The molecule has 0 saturated heterocycles. The van der Waals surface area contributed by atoms with Crippen LogP contribution in [0.1, 0.15) is 61.1 Å². The molecule has 18 aromatic carbocycles. The molecule has 0 fully saturated rings. The van der Waals surface area contributed by atoms with Crippen LogP contribution in [0.15, 0.2) is 352 Å². The van der Waals surface area contributed by atoms with Gasteiger partial charge in [0.1, 0.15) is 0 Å². The molecule has 2 nitrogen and oxygen atoms in total. The Morgan fingerprint density at radius 2 is 0.443 bits per heavy atom. The van der Waals surface area contributed by atoms with Crippen LogP contribution in [-0.4, -0.2) is 0 Å². The minimum atomic E-state index is -0.146. The molecule has 0 unspecified atom stereocenters. The van der Waals surface area contributed by atoms with Gasteiger partial charge in [0.2, 0.25) is 0 Å². The molecule has 106 heavy (non-hydrogen) atoms. The van der Waals surface area contributed by atoms with Gasteiger partial charge in [-0.3, -0.25) is 0 Å². The third kappa shape index (κ3) is 9.92. The Morgan fingerprint density at radius 1 is 0.179 bits per heavy atom. The molecule has 0 spiro atoms. The summed E-state index contributed by atoms with van der Waals surface area (Å²) in [5.41, 5.74) is 31.2. The van der Waals surface area contributed by atoms with Crippen LogP contribution in [-0.2, 0) is 10.8 Å². The zero-order valence-corrected chi connectivity index (χ0v) is 60.4. The number of hydrogen-bond donors (Lipinski definition) is 0. The van der Waals surface area contributed by atoms with Crippen molar-refractivity contribution in [1.29, 1.82) is 0 Å². The smallest absolute Gasteiger partial charge is 0.0540 e. The molecule has 0 aromatic heterocycles. The first-order valence-corrected chi connectivity index (χ1v) is 37.3. The van der Waals surface area contributed by atoms with E-state index < -0.39 is 0 Å². The van der Waals surface area contributed by atoms with Crippen LogP contribution in [0.2, 0.25) is 0 Å². The van der Waals surface area contributed by atoms with Crippen molar-refractivity contribution in [2.24, 2.45) is 0 Å². The number of anilines is 6. The summed E-state index contributed by atoms with van der Waals surface area (Å²) < 4.78 is 0. The fourth-order valence-corrected chi connectivity index (χ4v) is 18.3. The van der Waals surface area contributed by atoms with Crippen LogP contribution in [0.3, 0.4) is 0 Å². The predicted molar refractivity (Wildman–Crippen MR) is 453 cm³/mol. The lowest BCUT2D eigenvalue weighted by molar-refractivity contribution is 0.660. The lowest BCUT2D eigenvalue weighted by Crippen LogP contribution is -2.15. The number of fused-ring (bicyclic) bond motifs is 18. The van der Waals surface area contributed by atoms with Crippen molar-refractivity contribution >= 4 is 98.8 Å². The number of hydrogen-bond acceptors (Lipinski definition) is 2. The van der Waals surface area contributed by atoms with E-state index in [9.17, 15) is 0 Å². The first-order valence-electron chi connectivity index (χ1n) is 37.3. The second-order valence-corrected chi connectivity index (χ2v) is 30.4. The summed E-state index contributed by atoms with van der Waals surface area (Å²) in [6, 6.07) is 132. The van der Waals surface area contributed by atoms with Crippen LogP contribution in [0.5, 0.6) is 0 Å². The largest absolute Gasteiger partial charge is 0.310 e. The van der Waals surface area contributed by atoms with E-state index in [1.165, 1.54) is 165 Å². The van der Waals surface area contributed by atoms with Gasteiger partial charge in [0.15, 0.2) is 0 Å². The Labute approximate surface area is 620 Å². The molecule has 0 N–H and O–H groups in total. The van der Waals surface area contributed by atoms with Gasteiger partial charge in [-0.2, -0.15) is 0 Å².